The number of piperidine rings is 1. The fourth-order valence-corrected chi connectivity index (χ4v) is 4.98. The molecule has 2 atom stereocenters. The van der Waals surface area contributed by atoms with E-state index in [1.807, 2.05) is 13.8 Å². The molecule has 1 saturated heterocycles. The highest BCUT2D eigenvalue weighted by atomic mass is 19.4. The zero-order valence-corrected chi connectivity index (χ0v) is 23.4. The van der Waals surface area contributed by atoms with E-state index in [2.05, 4.69) is 27.4 Å². The quantitative estimate of drug-likeness (QED) is 0.205. The number of alkyl halides is 4. The van der Waals surface area contributed by atoms with E-state index in [4.69, 9.17) is 9.47 Å². The number of hydrogen-bond acceptors (Lipinski definition) is 6. The van der Waals surface area contributed by atoms with E-state index in [9.17, 15) is 18.0 Å². The van der Waals surface area contributed by atoms with Gasteiger partial charge in [0.1, 0.15) is 18.5 Å². The predicted molar refractivity (Wildman–Crippen MR) is 151 cm³/mol. The van der Waals surface area contributed by atoms with Gasteiger partial charge in [0.15, 0.2) is 0 Å². The fourth-order valence-electron chi connectivity index (χ4n) is 4.98. The van der Waals surface area contributed by atoms with Crippen LogP contribution in [0.4, 0.5) is 28.9 Å². The second-order valence-corrected chi connectivity index (χ2v) is 10.2. The number of esters is 1. The first kappa shape index (κ1) is 30.1. The first-order valence-corrected chi connectivity index (χ1v) is 13.3. The number of aromatic nitrogens is 1. The first-order valence-electron chi connectivity index (χ1n) is 13.3. The van der Waals surface area contributed by atoms with Crippen molar-refractivity contribution in [3.63, 3.8) is 0 Å². The van der Waals surface area contributed by atoms with Crippen LogP contribution in [0.5, 0.6) is 5.75 Å². The number of carbonyl (C=O) groups excluding carboxylic acids is 1. The summed E-state index contributed by atoms with van der Waals surface area (Å²) in [7, 11) is 2.73. The van der Waals surface area contributed by atoms with E-state index in [0.29, 0.717) is 46.6 Å². The predicted octanol–water partition coefficient (Wildman–Crippen LogP) is 5.70. The molecular formula is C30H34F4N4O3. The Balaban J connectivity index is 1.58. The minimum absolute atomic E-state index is 0.102. The van der Waals surface area contributed by atoms with Gasteiger partial charge in [0.05, 0.1) is 49.3 Å². The number of benzene rings is 2. The molecule has 1 fully saturated rings. The number of hydrogen-bond donors (Lipinski definition) is 2. The molecule has 2 N–H and O–H groups in total. The Morgan fingerprint density at radius 1 is 1.15 bits per heavy atom. The third-order valence-corrected chi connectivity index (χ3v) is 7.13. The van der Waals surface area contributed by atoms with Crippen molar-refractivity contribution < 1.29 is 31.8 Å². The van der Waals surface area contributed by atoms with Gasteiger partial charge in [-0.25, -0.2) is 9.18 Å². The maximum absolute atomic E-state index is 15.0. The zero-order valence-electron chi connectivity index (χ0n) is 23.4. The lowest BCUT2D eigenvalue weighted by atomic mass is 10.0. The third kappa shape index (κ3) is 7.24. The number of anilines is 2. The van der Waals surface area contributed by atoms with E-state index in [-0.39, 0.29) is 18.3 Å². The summed E-state index contributed by atoms with van der Waals surface area (Å²) in [6.07, 6.45) is -4.99. The van der Waals surface area contributed by atoms with Gasteiger partial charge in [0.25, 0.3) is 0 Å². The molecule has 0 bridgehead atoms. The Morgan fingerprint density at radius 2 is 1.93 bits per heavy atom. The summed E-state index contributed by atoms with van der Waals surface area (Å²) >= 11 is 0. The zero-order chi connectivity index (χ0) is 29.7. The van der Waals surface area contributed by atoms with Crippen molar-refractivity contribution >= 4 is 28.2 Å². The lowest BCUT2D eigenvalue weighted by Crippen LogP contribution is -2.50. The van der Waals surface area contributed by atoms with Crippen LogP contribution in [0.2, 0.25) is 0 Å². The van der Waals surface area contributed by atoms with Crippen molar-refractivity contribution in [2.75, 3.05) is 44.5 Å². The van der Waals surface area contributed by atoms with E-state index >= 15 is 4.39 Å². The summed E-state index contributed by atoms with van der Waals surface area (Å²) in [5, 5.41) is 6.86. The van der Waals surface area contributed by atoms with Crippen LogP contribution in [-0.4, -0.2) is 73.7 Å². The fraction of sp³-hybridized carbons (Fsp3) is 0.433. The smallest absolute Gasteiger partial charge is 0.406 e. The number of halogens is 4. The average molecular weight is 575 g/mol. The van der Waals surface area contributed by atoms with E-state index in [0.717, 1.165) is 11.1 Å². The molecule has 2 heterocycles. The first-order chi connectivity index (χ1) is 19.5. The van der Waals surface area contributed by atoms with Crippen molar-refractivity contribution in [2.45, 2.75) is 51.2 Å². The molecule has 0 aliphatic carbocycles. The number of nitrogens with one attached hydrogen (secondary N) is 2. The van der Waals surface area contributed by atoms with Gasteiger partial charge in [-0.05, 0) is 62.6 Å². The molecule has 1 aliphatic rings. The molecule has 0 radical (unpaired) electrons. The van der Waals surface area contributed by atoms with Crippen LogP contribution >= 0.6 is 0 Å². The number of methoxy groups -OCH3 is 2. The van der Waals surface area contributed by atoms with Gasteiger partial charge in [-0.1, -0.05) is 12.0 Å². The number of likely N-dealkylation sites (tertiary alicyclic amines) is 1. The summed E-state index contributed by atoms with van der Waals surface area (Å²) in [5.41, 5.74) is 1.99. The summed E-state index contributed by atoms with van der Waals surface area (Å²) in [4.78, 5) is 13.9. The maximum Gasteiger partial charge on any atom is 0.406 e. The topological polar surface area (TPSA) is 67.8 Å². The minimum Gasteiger partial charge on any atom is -0.495 e. The molecule has 220 valence electrons. The average Bonchev–Trinajstić information content (AvgIpc) is 3.28. The Labute approximate surface area is 236 Å². The van der Waals surface area contributed by atoms with Gasteiger partial charge in [-0.15, -0.1) is 0 Å². The molecule has 0 amide bonds. The van der Waals surface area contributed by atoms with Crippen LogP contribution < -0.4 is 15.4 Å². The standard InChI is InChI=1S/C30H34F4N4O3/c1-19(2)37-14-12-25(23(31)17-37)36-24-8-5-9-27-22(24)16-21(38(27)18-30(32,33)34)7-6-13-35-26-11-10-20(29(39)41-4)15-28(26)40-3/h5,8-11,15-16,19,23,25,35-36H,12-14,17-18H2,1-4H3/t23-,25+/m1/s1. The molecule has 7 nitrogen and oxygen atoms in total. The van der Waals surface area contributed by atoms with E-state index in [1.165, 1.54) is 20.3 Å². The molecule has 0 saturated carbocycles. The number of fused-ring (bicyclic) bond motifs is 1. The molecule has 3 aromatic rings. The molecule has 11 heteroatoms. The normalized spacial score (nSPS) is 17.7. The minimum atomic E-state index is -4.47. The van der Waals surface area contributed by atoms with Crippen molar-refractivity contribution in [1.82, 2.24) is 9.47 Å². The molecule has 0 unspecified atom stereocenters. The lowest BCUT2D eigenvalue weighted by Gasteiger charge is -2.37. The van der Waals surface area contributed by atoms with Gasteiger partial charge in [-0.2, -0.15) is 13.2 Å². The molecular weight excluding hydrogens is 540 g/mol. The Bertz CT molecular complexity index is 1440. The molecule has 1 aliphatic heterocycles. The van der Waals surface area contributed by atoms with Crippen LogP contribution in [0.25, 0.3) is 10.9 Å². The highest BCUT2D eigenvalue weighted by molar-refractivity contribution is 5.94. The second-order valence-electron chi connectivity index (χ2n) is 10.2. The third-order valence-electron chi connectivity index (χ3n) is 7.13. The highest BCUT2D eigenvalue weighted by Crippen LogP contribution is 2.32. The van der Waals surface area contributed by atoms with Crippen LogP contribution in [0.1, 0.15) is 36.3 Å². The van der Waals surface area contributed by atoms with E-state index < -0.39 is 30.9 Å². The van der Waals surface area contributed by atoms with Gasteiger partial charge < -0.3 is 24.7 Å². The second kappa shape index (κ2) is 12.7. The summed E-state index contributed by atoms with van der Waals surface area (Å²) in [5.74, 6) is 5.62. The monoisotopic (exact) mass is 574 g/mol. The largest absolute Gasteiger partial charge is 0.495 e. The van der Waals surface area contributed by atoms with Gasteiger partial charge in [0, 0.05) is 30.2 Å². The molecule has 41 heavy (non-hydrogen) atoms. The number of carbonyl (C=O) groups is 1. The van der Waals surface area contributed by atoms with Gasteiger partial charge in [0.2, 0.25) is 0 Å². The summed E-state index contributed by atoms with van der Waals surface area (Å²) in [6, 6.07) is 11.2. The molecule has 4 rings (SSSR count). The van der Waals surface area contributed by atoms with Gasteiger partial charge >= 0.3 is 12.1 Å². The van der Waals surface area contributed by atoms with Crippen LogP contribution in [-0.2, 0) is 11.3 Å². The number of nitrogens with zero attached hydrogens (tertiary/aromatic N) is 2. The molecule has 2 aromatic carbocycles. The van der Waals surface area contributed by atoms with Crippen molar-refractivity contribution in [3.05, 3.63) is 53.7 Å². The number of ether oxygens (including phenoxy) is 2. The molecule has 0 spiro atoms. The van der Waals surface area contributed by atoms with Gasteiger partial charge in [-0.3, -0.25) is 4.90 Å². The SMILES string of the molecule is COC(=O)c1ccc(NCC#Cc2cc3c(N[C@H]4CCN(C(C)C)C[C@H]4F)cccc3n2CC(F)(F)F)c(OC)c1. The summed E-state index contributed by atoms with van der Waals surface area (Å²) < 4.78 is 66.9. The summed E-state index contributed by atoms with van der Waals surface area (Å²) in [6.45, 7) is 3.99. The lowest BCUT2D eigenvalue weighted by molar-refractivity contribution is -0.140. The Hall–Kier alpha value is -3.91. The van der Waals surface area contributed by atoms with Crippen LogP contribution in [0.15, 0.2) is 42.5 Å². The maximum atomic E-state index is 15.0. The number of rotatable bonds is 8. The van der Waals surface area contributed by atoms with E-state index in [1.54, 1.807) is 36.4 Å². The van der Waals surface area contributed by atoms with Crippen molar-refractivity contribution in [2.24, 2.45) is 0 Å². The van der Waals surface area contributed by atoms with Crippen LogP contribution in [0.3, 0.4) is 0 Å². The molecule has 1 aromatic heterocycles. The van der Waals surface area contributed by atoms with Crippen molar-refractivity contribution in [3.8, 4) is 17.6 Å². The van der Waals surface area contributed by atoms with Crippen LogP contribution in [0, 0.1) is 11.8 Å². The Morgan fingerprint density at radius 3 is 2.59 bits per heavy atom. The highest BCUT2D eigenvalue weighted by Gasteiger charge is 2.32. The van der Waals surface area contributed by atoms with Crippen molar-refractivity contribution in [1.29, 1.82) is 0 Å². The Kier molecular flexibility index (Phi) is 9.33.